The van der Waals surface area contributed by atoms with Crippen LogP contribution in [0.5, 0.6) is 0 Å². The standard InChI is InChI=1S/C13H17IN4O/c1-4-9(2)18-6-5-11(16-18)7-17-8-15-10(3)12(14)13(17)19/h5-6,8-9H,4,7H2,1-3H3. The molecule has 0 saturated carbocycles. The Hall–Kier alpha value is -1.18. The minimum absolute atomic E-state index is 0.00816. The fourth-order valence-electron chi connectivity index (χ4n) is 1.73. The molecule has 0 aliphatic rings. The highest BCUT2D eigenvalue weighted by atomic mass is 127. The van der Waals surface area contributed by atoms with Gasteiger partial charge in [-0.05, 0) is 48.9 Å². The highest BCUT2D eigenvalue weighted by Crippen LogP contribution is 2.10. The van der Waals surface area contributed by atoms with Crippen LogP contribution in [0.1, 0.15) is 37.7 Å². The number of halogens is 1. The summed E-state index contributed by atoms with van der Waals surface area (Å²) in [6, 6.07) is 2.33. The number of aromatic nitrogens is 4. The fourth-order valence-corrected chi connectivity index (χ4v) is 2.18. The molecule has 0 N–H and O–H groups in total. The lowest BCUT2D eigenvalue weighted by Crippen LogP contribution is -2.24. The van der Waals surface area contributed by atoms with Crippen molar-refractivity contribution in [3.8, 4) is 0 Å². The molecular weight excluding hydrogens is 355 g/mol. The lowest BCUT2D eigenvalue weighted by molar-refractivity contribution is 0.471. The van der Waals surface area contributed by atoms with E-state index in [2.05, 4.69) is 23.9 Å². The van der Waals surface area contributed by atoms with Crippen LogP contribution in [0.15, 0.2) is 23.4 Å². The summed E-state index contributed by atoms with van der Waals surface area (Å²) in [5.74, 6) is 0. The number of hydrogen-bond donors (Lipinski definition) is 0. The van der Waals surface area contributed by atoms with Crippen molar-refractivity contribution in [3.63, 3.8) is 0 Å². The minimum Gasteiger partial charge on any atom is -0.292 e. The van der Waals surface area contributed by atoms with Crippen LogP contribution < -0.4 is 5.56 Å². The Morgan fingerprint density at radius 1 is 1.47 bits per heavy atom. The Balaban J connectivity index is 2.25. The first kappa shape index (κ1) is 14.2. The zero-order chi connectivity index (χ0) is 14.0. The molecule has 0 bridgehead atoms. The van der Waals surface area contributed by atoms with Gasteiger partial charge < -0.3 is 0 Å². The van der Waals surface area contributed by atoms with Crippen LogP contribution >= 0.6 is 22.6 Å². The van der Waals surface area contributed by atoms with Crippen molar-refractivity contribution >= 4 is 22.6 Å². The van der Waals surface area contributed by atoms with Gasteiger partial charge in [-0.2, -0.15) is 5.10 Å². The first-order chi connectivity index (χ1) is 9.02. The van der Waals surface area contributed by atoms with Gasteiger partial charge in [-0.15, -0.1) is 0 Å². The number of nitrogens with zero attached hydrogens (tertiary/aromatic N) is 4. The molecule has 0 saturated heterocycles. The maximum atomic E-state index is 12.1. The molecule has 6 heteroatoms. The molecule has 102 valence electrons. The topological polar surface area (TPSA) is 52.7 Å². The smallest absolute Gasteiger partial charge is 0.267 e. The van der Waals surface area contributed by atoms with E-state index in [9.17, 15) is 4.79 Å². The van der Waals surface area contributed by atoms with E-state index in [4.69, 9.17) is 0 Å². The van der Waals surface area contributed by atoms with Crippen LogP contribution in [0.4, 0.5) is 0 Å². The van der Waals surface area contributed by atoms with Gasteiger partial charge in [0.2, 0.25) is 0 Å². The fraction of sp³-hybridized carbons (Fsp3) is 0.462. The lowest BCUT2D eigenvalue weighted by atomic mass is 10.3. The molecule has 2 aromatic rings. The summed E-state index contributed by atoms with van der Waals surface area (Å²) in [4.78, 5) is 16.3. The zero-order valence-corrected chi connectivity index (χ0v) is 13.5. The van der Waals surface area contributed by atoms with Crippen molar-refractivity contribution in [2.75, 3.05) is 0 Å². The van der Waals surface area contributed by atoms with Gasteiger partial charge >= 0.3 is 0 Å². The molecule has 0 aliphatic carbocycles. The van der Waals surface area contributed by atoms with Gasteiger partial charge in [0.25, 0.3) is 5.56 Å². The van der Waals surface area contributed by atoms with Crippen LogP contribution in [0.3, 0.4) is 0 Å². The maximum absolute atomic E-state index is 12.1. The van der Waals surface area contributed by atoms with E-state index in [-0.39, 0.29) is 5.56 Å². The Morgan fingerprint density at radius 3 is 2.89 bits per heavy atom. The van der Waals surface area contributed by atoms with Gasteiger partial charge in [0.1, 0.15) is 0 Å². The van der Waals surface area contributed by atoms with Crippen molar-refractivity contribution in [2.45, 2.75) is 39.8 Å². The Labute approximate surface area is 125 Å². The quantitative estimate of drug-likeness (QED) is 0.775. The molecule has 1 atom stereocenters. The minimum atomic E-state index is -0.00816. The van der Waals surface area contributed by atoms with Crippen LogP contribution in [-0.4, -0.2) is 19.3 Å². The second-order valence-corrected chi connectivity index (χ2v) is 5.70. The number of aryl methyl sites for hydroxylation is 1. The molecule has 2 heterocycles. The van der Waals surface area contributed by atoms with Gasteiger partial charge in [0.05, 0.1) is 27.8 Å². The van der Waals surface area contributed by atoms with E-state index >= 15 is 0 Å². The van der Waals surface area contributed by atoms with Crippen molar-refractivity contribution in [2.24, 2.45) is 0 Å². The van der Waals surface area contributed by atoms with Gasteiger partial charge in [0.15, 0.2) is 0 Å². The monoisotopic (exact) mass is 372 g/mol. The highest BCUT2D eigenvalue weighted by Gasteiger charge is 2.08. The molecular formula is C13H17IN4O. The molecule has 2 aromatic heterocycles. The summed E-state index contributed by atoms with van der Waals surface area (Å²) < 4.78 is 4.20. The van der Waals surface area contributed by atoms with Gasteiger partial charge in [-0.25, -0.2) is 4.98 Å². The van der Waals surface area contributed by atoms with E-state index < -0.39 is 0 Å². The summed E-state index contributed by atoms with van der Waals surface area (Å²) in [6.07, 6.45) is 4.58. The zero-order valence-electron chi connectivity index (χ0n) is 11.3. The normalized spacial score (nSPS) is 12.6. The predicted molar refractivity (Wildman–Crippen MR) is 82.3 cm³/mol. The van der Waals surface area contributed by atoms with Crippen molar-refractivity contribution in [1.29, 1.82) is 0 Å². The second-order valence-electron chi connectivity index (χ2n) is 4.62. The third-order valence-electron chi connectivity index (χ3n) is 3.20. The first-order valence-corrected chi connectivity index (χ1v) is 7.36. The largest absolute Gasteiger partial charge is 0.292 e. The van der Waals surface area contributed by atoms with Crippen LogP contribution in [0.25, 0.3) is 0 Å². The van der Waals surface area contributed by atoms with Crippen LogP contribution in [0.2, 0.25) is 0 Å². The molecule has 0 aromatic carbocycles. The lowest BCUT2D eigenvalue weighted by Gasteiger charge is -2.08. The van der Waals surface area contributed by atoms with Crippen LogP contribution in [-0.2, 0) is 6.54 Å². The average molecular weight is 372 g/mol. The van der Waals surface area contributed by atoms with Crippen LogP contribution in [0, 0.1) is 10.5 Å². The SMILES string of the molecule is CCC(C)n1ccc(Cn2cnc(C)c(I)c2=O)n1. The molecule has 2 rings (SSSR count). The van der Waals surface area contributed by atoms with Gasteiger partial charge in [0, 0.05) is 12.2 Å². The van der Waals surface area contributed by atoms with E-state index in [0.29, 0.717) is 16.2 Å². The average Bonchev–Trinajstić information content (AvgIpc) is 2.87. The number of hydrogen-bond acceptors (Lipinski definition) is 3. The molecule has 5 nitrogen and oxygen atoms in total. The summed E-state index contributed by atoms with van der Waals surface area (Å²) in [5.41, 5.74) is 1.64. The summed E-state index contributed by atoms with van der Waals surface area (Å²) in [7, 11) is 0. The summed E-state index contributed by atoms with van der Waals surface area (Å²) >= 11 is 2.04. The van der Waals surface area contributed by atoms with Gasteiger partial charge in [-0.1, -0.05) is 6.92 Å². The highest BCUT2D eigenvalue weighted by molar-refractivity contribution is 14.1. The van der Waals surface area contributed by atoms with E-state index in [1.54, 1.807) is 10.9 Å². The third kappa shape index (κ3) is 3.05. The predicted octanol–water partition coefficient (Wildman–Crippen LogP) is 2.37. The third-order valence-corrected chi connectivity index (χ3v) is 4.44. The van der Waals surface area contributed by atoms with E-state index in [0.717, 1.165) is 17.8 Å². The molecule has 0 radical (unpaired) electrons. The Kier molecular flexibility index (Phi) is 4.38. The summed E-state index contributed by atoms with van der Waals surface area (Å²) in [6.45, 7) is 6.55. The van der Waals surface area contributed by atoms with Gasteiger partial charge in [-0.3, -0.25) is 14.0 Å². The molecule has 19 heavy (non-hydrogen) atoms. The van der Waals surface area contributed by atoms with E-state index in [1.807, 2.05) is 46.5 Å². The maximum Gasteiger partial charge on any atom is 0.267 e. The van der Waals surface area contributed by atoms with E-state index in [1.165, 1.54) is 0 Å². The van der Waals surface area contributed by atoms with Crippen molar-refractivity contribution in [1.82, 2.24) is 19.3 Å². The molecule has 0 aliphatic heterocycles. The molecule has 0 spiro atoms. The second kappa shape index (κ2) is 5.85. The van der Waals surface area contributed by atoms with Crippen molar-refractivity contribution in [3.05, 3.63) is 43.9 Å². The molecule has 0 fully saturated rings. The van der Waals surface area contributed by atoms with Crippen molar-refractivity contribution < 1.29 is 0 Å². The molecule has 1 unspecified atom stereocenters. The Morgan fingerprint density at radius 2 is 2.21 bits per heavy atom. The number of rotatable bonds is 4. The Bertz CT molecular complexity index is 632. The summed E-state index contributed by atoms with van der Waals surface area (Å²) in [5, 5.41) is 4.50. The first-order valence-electron chi connectivity index (χ1n) is 6.28. The molecule has 0 amide bonds.